The van der Waals surface area contributed by atoms with E-state index < -0.39 is 0 Å². The number of nitrogens with one attached hydrogen (secondary N) is 1. The molecule has 0 bridgehead atoms. The summed E-state index contributed by atoms with van der Waals surface area (Å²) in [5.41, 5.74) is 1.38. The standard InChI is InChI=1S/C17H29N3S/c1-4-5-11-18-17(21)20-13-10-14(2)8-9-16(20)15-7-6-12-19(15)3/h6-7,12,14,16H,4-5,8-11,13H2,1-3H3,(H,18,21)/t14-,16-/m0/s1. The molecule has 0 unspecified atom stereocenters. The highest BCUT2D eigenvalue weighted by Crippen LogP contribution is 2.32. The van der Waals surface area contributed by atoms with Gasteiger partial charge in [-0.3, -0.25) is 0 Å². The number of unbranched alkanes of at least 4 members (excludes halogenated alkanes) is 1. The number of nitrogens with zero attached hydrogens (tertiary/aromatic N) is 2. The van der Waals surface area contributed by atoms with Gasteiger partial charge >= 0.3 is 0 Å². The third-order valence-electron chi connectivity index (χ3n) is 4.56. The third kappa shape index (κ3) is 4.22. The lowest BCUT2D eigenvalue weighted by Gasteiger charge is -2.33. The lowest BCUT2D eigenvalue weighted by molar-refractivity contribution is 0.306. The molecule has 118 valence electrons. The minimum absolute atomic E-state index is 0.413. The molecule has 1 aromatic rings. The Morgan fingerprint density at radius 3 is 2.86 bits per heavy atom. The fraction of sp³-hybridized carbons (Fsp3) is 0.706. The number of aromatic nitrogens is 1. The molecule has 0 aromatic carbocycles. The molecular weight excluding hydrogens is 278 g/mol. The first-order valence-electron chi connectivity index (χ1n) is 8.29. The average Bonchev–Trinajstić information content (AvgIpc) is 2.78. The maximum absolute atomic E-state index is 5.69. The highest BCUT2D eigenvalue weighted by Gasteiger charge is 2.28. The molecule has 0 radical (unpaired) electrons. The van der Waals surface area contributed by atoms with Crippen LogP contribution < -0.4 is 5.32 Å². The van der Waals surface area contributed by atoms with E-state index in [-0.39, 0.29) is 0 Å². The van der Waals surface area contributed by atoms with E-state index in [2.05, 4.69) is 54.0 Å². The van der Waals surface area contributed by atoms with Gasteiger partial charge in [-0.2, -0.15) is 0 Å². The number of aryl methyl sites for hydroxylation is 1. The van der Waals surface area contributed by atoms with Crippen molar-refractivity contribution in [2.45, 2.75) is 52.0 Å². The highest BCUT2D eigenvalue weighted by atomic mass is 32.1. The summed E-state index contributed by atoms with van der Waals surface area (Å²) >= 11 is 5.69. The van der Waals surface area contributed by atoms with Crippen LogP contribution in [-0.2, 0) is 7.05 Å². The summed E-state index contributed by atoms with van der Waals surface area (Å²) in [4.78, 5) is 2.42. The summed E-state index contributed by atoms with van der Waals surface area (Å²) in [7, 11) is 2.13. The van der Waals surface area contributed by atoms with Gasteiger partial charge in [0.05, 0.1) is 6.04 Å². The Balaban J connectivity index is 2.12. The molecule has 0 amide bonds. The molecule has 1 fully saturated rings. The molecule has 1 aliphatic heterocycles. The first-order valence-corrected chi connectivity index (χ1v) is 8.70. The van der Waals surface area contributed by atoms with E-state index in [4.69, 9.17) is 12.2 Å². The Kier molecular flexibility index (Phi) is 6.09. The van der Waals surface area contributed by atoms with Crippen molar-refractivity contribution in [1.82, 2.24) is 14.8 Å². The van der Waals surface area contributed by atoms with Gasteiger partial charge in [0.15, 0.2) is 5.11 Å². The van der Waals surface area contributed by atoms with Crippen molar-refractivity contribution in [2.75, 3.05) is 13.1 Å². The Morgan fingerprint density at radius 1 is 1.38 bits per heavy atom. The predicted octanol–water partition coefficient (Wildman–Crippen LogP) is 3.86. The molecule has 2 atom stereocenters. The Labute approximate surface area is 134 Å². The first kappa shape index (κ1) is 16.3. The second-order valence-corrected chi connectivity index (χ2v) is 6.70. The van der Waals surface area contributed by atoms with Crippen molar-refractivity contribution < 1.29 is 0 Å². The zero-order chi connectivity index (χ0) is 15.2. The number of hydrogen-bond donors (Lipinski definition) is 1. The molecule has 1 saturated heterocycles. The molecule has 2 heterocycles. The SMILES string of the molecule is CCCCNC(=S)N1CC[C@@H](C)CC[C@H]1c1cccn1C. The van der Waals surface area contributed by atoms with Crippen molar-refractivity contribution in [3.8, 4) is 0 Å². The van der Waals surface area contributed by atoms with E-state index in [0.717, 1.165) is 24.1 Å². The Bertz CT molecular complexity index is 455. The molecule has 3 nitrogen and oxygen atoms in total. The molecule has 0 spiro atoms. The highest BCUT2D eigenvalue weighted by molar-refractivity contribution is 7.80. The average molecular weight is 308 g/mol. The number of rotatable bonds is 4. The van der Waals surface area contributed by atoms with E-state index in [1.165, 1.54) is 37.8 Å². The van der Waals surface area contributed by atoms with Crippen LogP contribution in [0.25, 0.3) is 0 Å². The van der Waals surface area contributed by atoms with Gasteiger partial charge in [0.25, 0.3) is 0 Å². The zero-order valence-electron chi connectivity index (χ0n) is 13.6. The second-order valence-electron chi connectivity index (χ2n) is 6.31. The fourth-order valence-electron chi connectivity index (χ4n) is 3.10. The first-order chi connectivity index (χ1) is 10.1. The summed E-state index contributed by atoms with van der Waals surface area (Å²) in [6, 6.07) is 4.79. The lowest BCUT2D eigenvalue weighted by atomic mass is 10.0. The van der Waals surface area contributed by atoms with Crippen LogP contribution in [0.4, 0.5) is 0 Å². The van der Waals surface area contributed by atoms with E-state index in [0.29, 0.717) is 6.04 Å². The topological polar surface area (TPSA) is 20.2 Å². The van der Waals surface area contributed by atoms with Crippen LogP contribution in [0.5, 0.6) is 0 Å². The van der Waals surface area contributed by atoms with Crippen LogP contribution in [0.3, 0.4) is 0 Å². The van der Waals surface area contributed by atoms with Gasteiger partial charge < -0.3 is 14.8 Å². The molecule has 21 heavy (non-hydrogen) atoms. The van der Waals surface area contributed by atoms with Crippen LogP contribution in [0.2, 0.25) is 0 Å². The van der Waals surface area contributed by atoms with Gasteiger partial charge in [0.2, 0.25) is 0 Å². The summed E-state index contributed by atoms with van der Waals surface area (Å²) < 4.78 is 2.24. The van der Waals surface area contributed by atoms with Crippen molar-refractivity contribution in [1.29, 1.82) is 0 Å². The summed E-state index contributed by atoms with van der Waals surface area (Å²) in [6.07, 6.45) is 8.22. The van der Waals surface area contributed by atoms with Gasteiger partial charge in [0.1, 0.15) is 0 Å². The number of thiocarbonyl (C=S) groups is 1. The van der Waals surface area contributed by atoms with E-state index >= 15 is 0 Å². The quantitative estimate of drug-likeness (QED) is 0.674. The molecule has 1 aromatic heterocycles. The lowest BCUT2D eigenvalue weighted by Crippen LogP contribution is -2.42. The minimum atomic E-state index is 0.413. The Morgan fingerprint density at radius 2 is 2.19 bits per heavy atom. The molecule has 1 aliphatic rings. The summed E-state index contributed by atoms with van der Waals surface area (Å²) in [6.45, 7) is 6.63. The van der Waals surface area contributed by atoms with Gasteiger partial charge in [-0.1, -0.05) is 20.3 Å². The normalized spacial score (nSPS) is 22.9. The predicted molar refractivity (Wildman–Crippen MR) is 93.4 cm³/mol. The van der Waals surface area contributed by atoms with E-state index in [1.807, 2.05) is 0 Å². The van der Waals surface area contributed by atoms with Crippen LogP contribution in [0.15, 0.2) is 18.3 Å². The number of likely N-dealkylation sites (tertiary alicyclic amines) is 1. The molecular formula is C17H29N3S. The maximum atomic E-state index is 5.69. The van der Waals surface area contributed by atoms with Crippen molar-refractivity contribution in [2.24, 2.45) is 13.0 Å². The van der Waals surface area contributed by atoms with Crippen LogP contribution >= 0.6 is 12.2 Å². The van der Waals surface area contributed by atoms with Crippen LogP contribution in [0.1, 0.15) is 57.7 Å². The maximum Gasteiger partial charge on any atom is 0.169 e. The van der Waals surface area contributed by atoms with Crippen LogP contribution in [-0.4, -0.2) is 27.7 Å². The smallest absolute Gasteiger partial charge is 0.169 e. The largest absolute Gasteiger partial charge is 0.363 e. The fourth-order valence-corrected chi connectivity index (χ4v) is 3.42. The molecule has 1 N–H and O–H groups in total. The van der Waals surface area contributed by atoms with Gasteiger partial charge in [-0.05, 0) is 56.0 Å². The zero-order valence-corrected chi connectivity index (χ0v) is 14.5. The van der Waals surface area contributed by atoms with Crippen LogP contribution in [0, 0.1) is 5.92 Å². The van der Waals surface area contributed by atoms with E-state index in [9.17, 15) is 0 Å². The van der Waals surface area contributed by atoms with Crippen molar-refractivity contribution >= 4 is 17.3 Å². The molecule has 0 saturated carbocycles. The monoisotopic (exact) mass is 307 g/mol. The molecule has 2 rings (SSSR count). The second kappa shape index (κ2) is 7.83. The van der Waals surface area contributed by atoms with Gasteiger partial charge in [-0.25, -0.2) is 0 Å². The van der Waals surface area contributed by atoms with Gasteiger partial charge in [0, 0.05) is 32.0 Å². The number of hydrogen-bond acceptors (Lipinski definition) is 1. The molecule has 0 aliphatic carbocycles. The molecule has 4 heteroatoms. The van der Waals surface area contributed by atoms with Crippen molar-refractivity contribution in [3.05, 3.63) is 24.0 Å². The third-order valence-corrected chi connectivity index (χ3v) is 4.94. The minimum Gasteiger partial charge on any atom is -0.363 e. The van der Waals surface area contributed by atoms with Gasteiger partial charge in [-0.15, -0.1) is 0 Å². The Hall–Kier alpha value is -1.03. The van der Waals surface area contributed by atoms with E-state index in [1.54, 1.807) is 0 Å². The summed E-state index contributed by atoms with van der Waals surface area (Å²) in [5.74, 6) is 0.788. The summed E-state index contributed by atoms with van der Waals surface area (Å²) in [5, 5.41) is 4.39. The van der Waals surface area contributed by atoms with Crippen molar-refractivity contribution in [3.63, 3.8) is 0 Å².